The minimum Gasteiger partial charge on any atom is -0.415 e. The lowest BCUT2D eigenvalue weighted by Crippen LogP contribution is -2.63. The Morgan fingerprint density at radius 2 is 1.35 bits per heavy atom. The van der Waals surface area contributed by atoms with Gasteiger partial charge in [0.05, 0.1) is 7.59 Å². The molecule has 1 aliphatic carbocycles. The first kappa shape index (κ1) is 15.5. The van der Waals surface area contributed by atoms with Crippen LogP contribution in [0.1, 0.15) is 52.9 Å². The molecule has 3 heteroatoms. The van der Waals surface area contributed by atoms with Crippen LogP contribution in [-0.2, 0) is 4.43 Å². The SMILES string of the molecule is CC(C)(C)O[Si](C)(C1CCCCC1)[Si](C)(C)C. The van der Waals surface area contributed by atoms with E-state index in [2.05, 4.69) is 47.0 Å². The van der Waals surface area contributed by atoms with Gasteiger partial charge in [0, 0.05) is 5.60 Å². The fraction of sp³-hybridized carbons (Fsp3) is 1.00. The van der Waals surface area contributed by atoms with Gasteiger partial charge in [-0.25, -0.2) is 0 Å². The van der Waals surface area contributed by atoms with Crippen molar-refractivity contribution in [3.63, 3.8) is 0 Å². The van der Waals surface area contributed by atoms with Gasteiger partial charge >= 0.3 is 0 Å². The Kier molecular flexibility index (Phi) is 4.71. The Hall–Kier alpha value is 0.394. The molecule has 1 saturated carbocycles. The van der Waals surface area contributed by atoms with Crippen molar-refractivity contribution in [1.82, 2.24) is 0 Å². The molecule has 1 atom stereocenters. The van der Waals surface area contributed by atoms with Crippen LogP contribution in [0, 0.1) is 0 Å². The first-order valence-corrected chi connectivity index (χ1v) is 14.2. The van der Waals surface area contributed by atoms with E-state index < -0.39 is 15.4 Å². The van der Waals surface area contributed by atoms with Crippen LogP contribution in [0.4, 0.5) is 0 Å². The average Bonchev–Trinajstić information content (AvgIpc) is 2.14. The Balaban J connectivity index is 2.92. The van der Waals surface area contributed by atoms with E-state index in [0.29, 0.717) is 0 Å². The molecule has 0 N–H and O–H groups in total. The van der Waals surface area contributed by atoms with Crippen LogP contribution >= 0.6 is 0 Å². The highest BCUT2D eigenvalue weighted by Gasteiger charge is 2.51. The summed E-state index contributed by atoms with van der Waals surface area (Å²) in [6.07, 6.45) is 7.19. The topological polar surface area (TPSA) is 9.23 Å². The van der Waals surface area contributed by atoms with Gasteiger partial charge in [-0.15, -0.1) is 0 Å². The summed E-state index contributed by atoms with van der Waals surface area (Å²) in [5.41, 5.74) is 0.959. The number of hydrogen-bond donors (Lipinski definition) is 0. The van der Waals surface area contributed by atoms with Crippen molar-refractivity contribution in [2.24, 2.45) is 0 Å². The Morgan fingerprint density at radius 1 is 0.882 bits per heavy atom. The molecule has 1 fully saturated rings. The maximum Gasteiger partial charge on any atom is 0.180 e. The minimum absolute atomic E-state index is 0.0404. The zero-order valence-electron chi connectivity index (χ0n) is 13.0. The second kappa shape index (κ2) is 5.18. The van der Waals surface area contributed by atoms with E-state index in [1.807, 2.05) is 0 Å². The first-order valence-electron chi connectivity index (χ1n) is 7.26. The summed E-state index contributed by atoms with van der Waals surface area (Å²) in [4.78, 5) is 0. The zero-order valence-corrected chi connectivity index (χ0v) is 15.0. The Labute approximate surface area is 110 Å². The monoisotopic (exact) mass is 272 g/mol. The number of hydrogen-bond acceptors (Lipinski definition) is 1. The molecule has 1 aliphatic rings. The van der Waals surface area contributed by atoms with Gasteiger partial charge in [-0.3, -0.25) is 0 Å². The molecule has 102 valence electrons. The van der Waals surface area contributed by atoms with Crippen molar-refractivity contribution < 1.29 is 4.43 Å². The summed E-state index contributed by atoms with van der Waals surface area (Å²) in [5.74, 6) is 0. The molecule has 0 bridgehead atoms. The fourth-order valence-corrected chi connectivity index (χ4v) is 14.0. The molecule has 0 spiro atoms. The molecule has 0 heterocycles. The molecule has 0 aromatic heterocycles. The summed E-state index contributed by atoms with van der Waals surface area (Å²) >= 11 is 0. The minimum atomic E-state index is -1.55. The maximum absolute atomic E-state index is 6.73. The van der Waals surface area contributed by atoms with Gasteiger partial charge in [0.1, 0.15) is 0 Å². The van der Waals surface area contributed by atoms with Gasteiger partial charge < -0.3 is 4.43 Å². The summed E-state index contributed by atoms with van der Waals surface area (Å²) in [6, 6.07) is 0. The van der Waals surface area contributed by atoms with Crippen molar-refractivity contribution in [3.05, 3.63) is 0 Å². The van der Waals surface area contributed by atoms with Crippen LogP contribution in [0.3, 0.4) is 0 Å². The van der Waals surface area contributed by atoms with E-state index in [-0.39, 0.29) is 5.60 Å². The molecule has 1 unspecified atom stereocenters. The van der Waals surface area contributed by atoms with Gasteiger partial charge in [0.15, 0.2) is 7.83 Å². The van der Waals surface area contributed by atoms with Crippen LogP contribution in [-0.4, -0.2) is 21.0 Å². The molecule has 1 nitrogen and oxygen atoms in total. The van der Waals surface area contributed by atoms with E-state index in [4.69, 9.17) is 4.43 Å². The molecule has 0 aromatic rings. The third-order valence-corrected chi connectivity index (χ3v) is 21.0. The predicted molar refractivity (Wildman–Crippen MR) is 82.6 cm³/mol. The molecule has 0 aromatic carbocycles. The third-order valence-electron chi connectivity index (χ3n) is 4.39. The highest BCUT2D eigenvalue weighted by Crippen LogP contribution is 2.43. The lowest BCUT2D eigenvalue weighted by molar-refractivity contribution is 0.118. The quantitative estimate of drug-likeness (QED) is 0.647. The Bertz CT molecular complexity index is 246. The summed E-state index contributed by atoms with van der Waals surface area (Å²) in [6.45, 7) is 16.8. The van der Waals surface area contributed by atoms with Gasteiger partial charge in [0.25, 0.3) is 0 Å². The van der Waals surface area contributed by atoms with E-state index in [0.717, 1.165) is 5.54 Å². The fourth-order valence-electron chi connectivity index (χ4n) is 3.14. The first-order chi connectivity index (χ1) is 7.56. The molecular formula is C14H32OSi2. The smallest absolute Gasteiger partial charge is 0.180 e. The molecule has 17 heavy (non-hydrogen) atoms. The Morgan fingerprint density at radius 3 is 1.71 bits per heavy atom. The predicted octanol–water partition coefficient (Wildman–Crippen LogP) is 5.13. The van der Waals surface area contributed by atoms with E-state index in [9.17, 15) is 0 Å². The highest BCUT2D eigenvalue weighted by molar-refractivity contribution is 7.38. The van der Waals surface area contributed by atoms with Gasteiger partial charge in [-0.2, -0.15) is 0 Å². The van der Waals surface area contributed by atoms with Crippen LogP contribution < -0.4 is 0 Å². The molecule has 0 aliphatic heterocycles. The zero-order chi connectivity index (χ0) is 13.3. The van der Waals surface area contributed by atoms with E-state index >= 15 is 0 Å². The summed E-state index contributed by atoms with van der Waals surface area (Å²) < 4.78 is 6.73. The van der Waals surface area contributed by atoms with E-state index in [1.165, 1.54) is 32.1 Å². The average molecular weight is 273 g/mol. The molecule has 0 amide bonds. The normalized spacial score (nSPS) is 23.5. The maximum atomic E-state index is 6.73. The van der Waals surface area contributed by atoms with Gasteiger partial charge in [-0.05, 0) is 32.9 Å². The van der Waals surface area contributed by atoms with Gasteiger partial charge in [-0.1, -0.05) is 51.7 Å². The standard InChI is InChI=1S/C14H32OSi2/c1-14(2,3)15-17(7,16(4,5)6)13-11-9-8-10-12-13/h13H,8-12H2,1-7H3. The van der Waals surface area contributed by atoms with Crippen LogP contribution in [0.25, 0.3) is 0 Å². The van der Waals surface area contributed by atoms with Crippen molar-refractivity contribution in [1.29, 1.82) is 0 Å². The lowest BCUT2D eigenvalue weighted by atomic mass is 10.0. The van der Waals surface area contributed by atoms with Crippen LogP contribution in [0.5, 0.6) is 0 Å². The highest BCUT2D eigenvalue weighted by atomic mass is 29.3. The molecule has 0 saturated heterocycles. The summed E-state index contributed by atoms with van der Waals surface area (Å²) in [7, 11) is -2.74. The third kappa shape index (κ3) is 3.93. The molecule has 1 rings (SSSR count). The number of rotatable bonds is 3. The summed E-state index contributed by atoms with van der Waals surface area (Å²) in [5, 5.41) is 0. The van der Waals surface area contributed by atoms with E-state index in [1.54, 1.807) is 0 Å². The van der Waals surface area contributed by atoms with Crippen molar-refractivity contribution in [2.75, 3.05) is 0 Å². The van der Waals surface area contributed by atoms with Crippen LogP contribution in [0.2, 0.25) is 31.7 Å². The second-order valence-electron chi connectivity index (χ2n) is 7.91. The second-order valence-corrected chi connectivity index (χ2v) is 23.1. The van der Waals surface area contributed by atoms with Gasteiger partial charge in [0.2, 0.25) is 0 Å². The van der Waals surface area contributed by atoms with Crippen molar-refractivity contribution in [2.45, 2.75) is 90.2 Å². The van der Waals surface area contributed by atoms with Crippen molar-refractivity contribution >= 4 is 15.4 Å². The van der Waals surface area contributed by atoms with Crippen LogP contribution in [0.15, 0.2) is 0 Å². The largest absolute Gasteiger partial charge is 0.415 e. The van der Waals surface area contributed by atoms with Crippen molar-refractivity contribution in [3.8, 4) is 0 Å². The molecule has 0 radical (unpaired) electrons. The lowest BCUT2D eigenvalue weighted by Gasteiger charge is -2.49. The molecular weight excluding hydrogens is 240 g/mol.